The van der Waals surface area contributed by atoms with Gasteiger partial charge in [0.2, 0.25) is 0 Å². The second-order valence-electron chi connectivity index (χ2n) is 5.65. The van der Waals surface area contributed by atoms with Gasteiger partial charge in [-0.1, -0.05) is 12.8 Å². The fraction of sp³-hybridized carbons (Fsp3) is 0.533. The van der Waals surface area contributed by atoms with Crippen molar-refractivity contribution in [2.24, 2.45) is 5.92 Å². The smallest absolute Gasteiger partial charge is 0.335 e. The first-order chi connectivity index (χ1) is 9.31. The molecule has 0 spiro atoms. The van der Waals surface area contributed by atoms with E-state index in [1.54, 1.807) is 13.8 Å². The number of hydrogen-bond acceptors (Lipinski definition) is 3. The van der Waals surface area contributed by atoms with Crippen LogP contribution in [0.3, 0.4) is 0 Å². The minimum Gasteiger partial charge on any atom is -0.478 e. The number of aromatic carboxylic acids is 1. The first kappa shape index (κ1) is 15.0. The molecule has 0 atom stereocenters. The molecule has 0 aromatic heterocycles. The van der Waals surface area contributed by atoms with Gasteiger partial charge in [-0.15, -0.1) is 0 Å². The summed E-state index contributed by atoms with van der Waals surface area (Å²) in [5.74, 6) is -0.741. The Kier molecular flexibility index (Phi) is 4.18. The van der Waals surface area contributed by atoms with Crippen molar-refractivity contribution < 1.29 is 18.3 Å². The van der Waals surface area contributed by atoms with Crippen molar-refractivity contribution in [2.75, 3.05) is 5.75 Å². The van der Waals surface area contributed by atoms with E-state index in [0.29, 0.717) is 11.1 Å². The van der Waals surface area contributed by atoms with Gasteiger partial charge in [-0.25, -0.2) is 13.2 Å². The standard InChI is InChI=1S/C15H20O4S/c1-10-7-13(15(16)17)8-14(11(10)2)20(18,19)9-12-5-3-4-6-12/h7-8,12H,3-6,9H2,1-2H3,(H,16,17). The molecule has 1 fully saturated rings. The van der Waals surface area contributed by atoms with Crippen molar-refractivity contribution >= 4 is 15.8 Å². The zero-order valence-electron chi connectivity index (χ0n) is 11.8. The van der Waals surface area contributed by atoms with Crippen molar-refractivity contribution in [1.82, 2.24) is 0 Å². The lowest BCUT2D eigenvalue weighted by Crippen LogP contribution is -2.16. The second kappa shape index (κ2) is 5.56. The number of aryl methyl sites for hydroxylation is 1. The number of carboxylic acid groups (broad SMARTS) is 1. The van der Waals surface area contributed by atoms with E-state index in [1.165, 1.54) is 12.1 Å². The minimum atomic E-state index is -3.42. The van der Waals surface area contributed by atoms with Crippen molar-refractivity contribution in [1.29, 1.82) is 0 Å². The van der Waals surface area contributed by atoms with Gasteiger partial charge in [-0.2, -0.15) is 0 Å². The third-order valence-corrected chi connectivity index (χ3v) is 6.14. The SMILES string of the molecule is Cc1cc(C(=O)O)cc(S(=O)(=O)CC2CCCC2)c1C. The average molecular weight is 296 g/mol. The van der Waals surface area contributed by atoms with E-state index in [1.807, 2.05) is 0 Å². The van der Waals surface area contributed by atoms with E-state index in [2.05, 4.69) is 0 Å². The van der Waals surface area contributed by atoms with Crippen molar-refractivity contribution in [3.63, 3.8) is 0 Å². The minimum absolute atomic E-state index is 0.0399. The van der Waals surface area contributed by atoms with Crippen LogP contribution in [0.2, 0.25) is 0 Å². The Balaban J connectivity index is 2.41. The lowest BCUT2D eigenvalue weighted by atomic mass is 10.1. The number of carboxylic acids is 1. The van der Waals surface area contributed by atoms with Gasteiger partial charge < -0.3 is 5.11 Å². The molecule has 0 aliphatic heterocycles. The second-order valence-corrected chi connectivity index (χ2v) is 7.66. The number of carbonyl (C=O) groups is 1. The lowest BCUT2D eigenvalue weighted by molar-refractivity contribution is 0.0696. The quantitative estimate of drug-likeness (QED) is 0.927. The zero-order valence-corrected chi connectivity index (χ0v) is 12.7. The van der Waals surface area contributed by atoms with Gasteiger partial charge >= 0.3 is 5.97 Å². The van der Waals surface area contributed by atoms with Crippen molar-refractivity contribution in [3.05, 3.63) is 28.8 Å². The Labute approximate surface area is 119 Å². The Hall–Kier alpha value is -1.36. The van der Waals surface area contributed by atoms with Gasteiger partial charge in [-0.3, -0.25) is 0 Å². The van der Waals surface area contributed by atoms with Crippen LogP contribution in [-0.4, -0.2) is 25.2 Å². The van der Waals surface area contributed by atoms with Gasteiger partial charge in [-0.05, 0) is 55.9 Å². The van der Waals surface area contributed by atoms with Crippen LogP contribution in [0.4, 0.5) is 0 Å². The summed E-state index contributed by atoms with van der Waals surface area (Å²) >= 11 is 0. The van der Waals surface area contributed by atoms with E-state index >= 15 is 0 Å². The number of hydrogen-bond donors (Lipinski definition) is 1. The Morgan fingerprint density at radius 3 is 2.40 bits per heavy atom. The third kappa shape index (κ3) is 3.03. The van der Waals surface area contributed by atoms with E-state index < -0.39 is 15.8 Å². The molecule has 0 radical (unpaired) electrons. The molecular formula is C15H20O4S. The van der Waals surface area contributed by atoms with Crippen LogP contribution in [0.15, 0.2) is 17.0 Å². The van der Waals surface area contributed by atoms with Crippen molar-refractivity contribution in [3.8, 4) is 0 Å². The van der Waals surface area contributed by atoms with Crippen LogP contribution in [0.5, 0.6) is 0 Å². The molecule has 0 unspecified atom stereocenters. The molecule has 0 heterocycles. The normalized spacial score (nSPS) is 16.5. The highest BCUT2D eigenvalue weighted by Crippen LogP contribution is 2.30. The Morgan fingerprint density at radius 1 is 1.25 bits per heavy atom. The molecule has 1 N–H and O–H groups in total. The summed E-state index contributed by atoms with van der Waals surface area (Å²) in [6.45, 7) is 3.48. The molecule has 0 saturated heterocycles. The predicted octanol–water partition coefficient (Wildman–Crippen LogP) is 2.97. The molecule has 1 saturated carbocycles. The maximum absolute atomic E-state index is 12.5. The molecular weight excluding hydrogens is 276 g/mol. The first-order valence-electron chi connectivity index (χ1n) is 6.88. The number of sulfone groups is 1. The van der Waals surface area contributed by atoms with E-state index in [-0.39, 0.29) is 22.1 Å². The maximum atomic E-state index is 12.5. The van der Waals surface area contributed by atoms with Crippen LogP contribution in [0, 0.1) is 19.8 Å². The fourth-order valence-corrected chi connectivity index (χ4v) is 4.92. The van der Waals surface area contributed by atoms with Crippen LogP contribution in [-0.2, 0) is 9.84 Å². The predicted molar refractivity (Wildman–Crippen MR) is 76.9 cm³/mol. The van der Waals surface area contributed by atoms with E-state index in [0.717, 1.165) is 25.7 Å². The van der Waals surface area contributed by atoms with Gasteiger partial charge in [0.05, 0.1) is 16.2 Å². The Morgan fingerprint density at radius 2 is 1.85 bits per heavy atom. The summed E-state index contributed by atoms with van der Waals surface area (Å²) < 4.78 is 25.1. The molecule has 4 nitrogen and oxygen atoms in total. The molecule has 0 amide bonds. The van der Waals surface area contributed by atoms with E-state index in [4.69, 9.17) is 5.11 Å². The molecule has 1 aliphatic carbocycles. The van der Waals surface area contributed by atoms with Gasteiger partial charge in [0.25, 0.3) is 0 Å². The molecule has 1 aliphatic rings. The maximum Gasteiger partial charge on any atom is 0.335 e. The largest absolute Gasteiger partial charge is 0.478 e. The highest BCUT2D eigenvalue weighted by atomic mass is 32.2. The molecule has 5 heteroatoms. The van der Waals surface area contributed by atoms with Crippen molar-refractivity contribution in [2.45, 2.75) is 44.4 Å². The Bertz CT molecular complexity index is 626. The molecule has 110 valence electrons. The van der Waals surface area contributed by atoms with E-state index in [9.17, 15) is 13.2 Å². The monoisotopic (exact) mass is 296 g/mol. The molecule has 0 bridgehead atoms. The molecule has 2 rings (SSSR count). The summed E-state index contributed by atoms with van der Waals surface area (Å²) in [6.07, 6.45) is 4.09. The summed E-state index contributed by atoms with van der Waals surface area (Å²) in [5, 5.41) is 9.08. The van der Waals surface area contributed by atoms with Gasteiger partial charge in [0.1, 0.15) is 0 Å². The van der Waals surface area contributed by atoms with Gasteiger partial charge in [0.15, 0.2) is 9.84 Å². The van der Waals surface area contributed by atoms with Crippen LogP contribution >= 0.6 is 0 Å². The summed E-state index contributed by atoms with van der Waals surface area (Å²) in [4.78, 5) is 11.3. The summed E-state index contributed by atoms with van der Waals surface area (Å²) in [7, 11) is -3.42. The highest BCUT2D eigenvalue weighted by Gasteiger charge is 2.26. The molecule has 1 aromatic carbocycles. The van der Waals surface area contributed by atoms with Crippen LogP contribution in [0.25, 0.3) is 0 Å². The van der Waals surface area contributed by atoms with Crippen LogP contribution in [0.1, 0.15) is 47.2 Å². The summed E-state index contributed by atoms with van der Waals surface area (Å²) in [6, 6.07) is 2.82. The number of rotatable bonds is 4. The van der Waals surface area contributed by atoms with Crippen LogP contribution < -0.4 is 0 Å². The topological polar surface area (TPSA) is 71.4 Å². The third-order valence-electron chi connectivity index (χ3n) is 4.13. The summed E-state index contributed by atoms with van der Waals surface area (Å²) in [5.41, 5.74) is 1.40. The lowest BCUT2D eigenvalue weighted by Gasteiger charge is -2.14. The molecule has 20 heavy (non-hydrogen) atoms. The fourth-order valence-electron chi connectivity index (χ4n) is 2.85. The first-order valence-corrected chi connectivity index (χ1v) is 8.54. The zero-order chi connectivity index (χ0) is 14.9. The average Bonchev–Trinajstić information content (AvgIpc) is 2.83. The highest BCUT2D eigenvalue weighted by molar-refractivity contribution is 7.91. The molecule has 1 aromatic rings. The van der Waals surface area contributed by atoms with Gasteiger partial charge in [0, 0.05) is 0 Å². The number of benzene rings is 1.